The molecular weight excluding hydrogens is 276 g/mol. The molecule has 20 heavy (non-hydrogen) atoms. The van der Waals surface area contributed by atoms with Gasteiger partial charge in [0.2, 0.25) is 0 Å². The van der Waals surface area contributed by atoms with Gasteiger partial charge in [-0.25, -0.2) is 13.6 Å². The lowest BCUT2D eigenvalue weighted by Crippen LogP contribution is -2.24. The number of nitrogens with zero attached hydrogens (tertiary/aromatic N) is 3. The zero-order valence-corrected chi connectivity index (χ0v) is 14.0. The van der Waals surface area contributed by atoms with Crippen LogP contribution in [0, 0.1) is 17.3 Å². The molecule has 0 saturated carbocycles. The summed E-state index contributed by atoms with van der Waals surface area (Å²) in [6, 6.07) is 0. The van der Waals surface area contributed by atoms with Crippen LogP contribution in [-0.2, 0) is 23.0 Å². The maximum Gasteiger partial charge on any atom is 0.273 e. The van der Waals surface area contributed by atoms with Crippen molar-refractivity contribution < 1.29 is 8.42 Å². The third-order valence-electron chi connectivity index (χ3n) is 3.56. The molecule has 2 N–H and O–H groups in total. The monoisotopic (exact) mass is 302 g/mol. The lowest BCUT2D eigenvalue weighted by atomic mass is 9.80. The molecule has 1 rings (SSSR count). The second-order valence-electron chi connectivity index (χ2n) is 6.92. The van der Waals surface area contributed by atoms with Crippen molar-refractivity contribution in [3.63, 3.8) is 0 Å². The fourth-order valence-electron chi connectivity index (χ4n) is 1.81. The summed E-state index contributed by atoms with van der Waals surface area (Å²) in [5, 5.41) is 12.9. The molecule has 0 saturated heterocycles. The van der Waals surface area contributed by atoms with Gasteiger partial charge in [-0.05, 0) is 17.3 Å². The Morgan fingerprint density at radius 2 is 1.75 bits per heavy atom. The van der Waals surface area contributed by atoms with E-state index in [1.54, 1.807) is 4.57 Å². The third-order valence-corrected chi connectivity index (χ3v) is 4.37. The highest BCUT2D eigenvalue weighted by Gasteiger charge is 2.26. The standard InChI is InChI=1S/C13H26N4O2S/c1-9(2)8-17-11(7-10(3)13(4,5)6)15-16-12(17)20(14,18)19/h9-10H,7-8H2,1-6H3,(H2,14,18,19). The van der Waals surface area contributed by atoms with Gasteiger partial charge in [-0.1, -0.05) is 41.5 Å². The first kappa shape index (κ1) is 17.1. The predicted octanol–water partition coefficient (Wildman–Crippen LogP) is 1.81. The van der Waals surface area contributed by atoms with E-state index in [4.69, 9.17) is 5.14 Å². The molecule has 1 aromatic rings. The van der Waals surface area contributed by atoms with Gasteiger partial charge in [-0.15, -0.1) is 10.2 Å². The SMILES string of the molecule is CC(C)Cn1c(CC(C)C(C)(C)C)nnc1S(N)(=O)=O. The summed E-state index contributed by atoms with van der Waals surface area (Å²) in [4.78, 5) is 0. The molecule has 0 aliphatic rings. The summed E-state index contributed by atoms with van der Waals surface area (Å²) in [5.74, 6) is 1.33. The van der Waals surface area contributed by atoms with Gasteiger partial charge in [0.1, 0.15) is 5.82 Å². The normalized spacial score (nSPS) is 14.8. The van der Waals surface area contributed by atoms with E-state index in [0.29, 0.717) is 24.7 Å². The molecule has 0 fully saturated rings. The Balaban J connectivity index is 3.18. The molecule has 0 spiro atoms. The van der Waals surface area contributed by atoms with Crippen LogP contribution in [0.5, 0.6) is 0 Å². The maximum atomic E-state index is 11.6. The van der Waals surface area contributed by atoms with E-state index >= 15 is 0 Å². The van der Waals surface area contributed by atoms with Crippen LogP contribution >= 0.6 is 0 Å². The number of aromatic nitrogens is 3. The highest BCUT2D eigenvalue weighted by molar-refractivity contribution is 7.89. The van der Waals surface area contributed by atoms with Crippen molar-refractivity contribution >= 4 is 10.0 Å². The van der Waals surface area contributed by atoms with Crippen LogP contribution < -0.4 is 5.14 Å². The van der Waals surface area contributed by atoms with E-state index in [9.17, 15) is 8.42 Å². The van der Waals surface area contributed by atoms with Crippen molar-refractivity contribution in [1.82, 2.24) is 14.8 Å². The Hall–Kier alpha value is -0.950. The number of hydrogen-bond acceptors (Lipinski definition) is 4. The lowest BCUT2D eigenvalue weighted by Gasteiger charge is -2.27. The van der Waals surface area contributed by atoms with E-state index < -0.39 is 10.0 Å². The molecule has 1 atom stereocenters. The smallest absolute Gasteiger partial charge is 0.273 e. The second-order valence-corrected chi connectivity index (χ2v) is 8.37. The van der Waals surface area contributed by atoms with Crippen molar-refractivity contribution in [3.05, 3.63) is 5.82 Å². The highest BCUT2D eigenvalue weighted by Crippen LogP contribution is 2.28. The molecule has 0 radical (unpaired) electrons. The quantitative estimate of drug-likeness (QED) is 0.898. The minimum absolute atomic E-state index is 0.121. The summed E-state index contributed by atoms with van der Waals surface area (Å²) in [6.45, 7) is 13.2. The van der Waals surface area contributed by atoms with Crippen LogP contribution in [0.2, 0.25) is 0 Å². The van der Waals surface area contributed by atoms with Gasteiger partial charge in [0.05, 0.1) is 0 Å². The largest absolute Gasteiger partial charge is 0.300 e. The number of sulfonamides is 1. The second kappa shape index (κ2) is 5.81. The van der Waals surface area contributed by atoms with Gasteiger partial charge in [0.25, 0.3) is 15.2 Å². The summed E-state index contributed by atoms with van der Waals surface area (Å²) in [6.07, 6.45) is 0.679. The lowest BCUT2D eigenvalue weighted by molar-refractivity contribution is 0.253. The minimum atomic E-state index is -3.84. The van der Waals surface area contributed by atoms with E-state index in [1.807, 2.05) is 13.8 Å². The van der Waals surface area contributed by atoms with Crippen molar-refractivity contribution in [2.24, 2.45) is 22.4 Å². The first-order valence-corrected chi connectivity index (χ1v) is 8.42. The zero-order chi connectivity index (χ0) is 15.7. The fraction of sp³-hybridized carbons (Fsp3) is 0.846. The van der Waals surface area contributed by atoms with E-state index in [0.717, 1.165) is 0 Å². The average molecular weight is 302 g/mol. The van der Waals surface area contributed by atoms with Crippen molar-refractivity contribution in [1.29, 1.82) is 0 Å². The molecule has 1 heterocycles. The Morgan fingerprint density at radius 1 is 1.20 bits per heavy atom. The van der Waals surface area contributed by atoms with Gasteiger partial charge in [0.15, 0.2) is 0 Å². The molecule has 7 heteroatoms. The van der Waals surface area contributed by atoms with Gasteiger partial charge < -0.3 is 4.57 Å². The molecule has 0 aliphatic heterocycles. The molecule has 116 valence electrons. The molecule has 0 amide bonds. The number of nitrogens with two attached hydrogens (primary N) is 1. The first-order chi connectivity index (χ1) is 8.93. The van der Waals surface area contributed by atoms with Crippen molar-refractivity contribution in [3.8, 4) is 0 Å². The Bertz CT molecular complexity index is 555. The maximum absolute atomic E-state index is 11.6. The van der Waals surface area contributed by atoms with Crippen molar-refractivity contribution in [2.75, 3.05) is 0 Å². The Kier molecular flexibility index (Phi) is 4.97. The molecule has 0 aromatic carbocycles. The topological polar surface area (TPSA) is 90.9 Å². The molecule has 6 nitrogen and oxygen atoms in total. The molecular formula is C13H26N4O2S. The van der Waals surface area contributed by atoms with E-state index in [-0.39, 0.29) is 16.5 Å². The first-order valence-electron chi connectivity index (χ1n) is 6.87. The van der Waals surface area contributed by atoms with Gasteiger partial charge in [-0.3, -0.25) is 0 Å². The summed E-state index contributed by atoms with van der Waals surface area (Å²) < 4.78 is 24.8. The zero-order valence-electron chi connectivity index (χ0n) is 13.2. The van der Waals surface area contributed by atoms with Crippen LogP contribution in [-0.4, -0.2) is 23.2 Å². The summed E-state index contributed by atoms with van der Waals surface area (Å²) in [5.41, 5.74) is 0.121. The van der Waals surface area contributed by atoms with Gasteiger partial charge in [-0.2, -0.15) is 0 Å². The Labute approximate surface area is 121 Å². The van der Waals surface area contributed by atoms with Crippen LogP contribution in [0.1, 0.15) is 47.4 Å². The highest BCUT2D eigenvalue weighted by atomic mass is 32.2. The number of hydrogen-bond donors (Lipinski definition) is 1. The predicted molar refractivity (Wildman–Crippen MR) is 78.6 cm³/mol. The number of rotatable bonds is 5. The summed E-state index contributed by atoms with van der Waals surface area (Å²) in [7, 11) is -3.84. The van der Waals surface area contributed by atoms with E-state index in [2.05, 4.69) is 37.9 Å². The molecule has 0 bridgehead atoms. The third kappa shape index (κ3) is 4.28. The molecule has 1 aromatic heterocycles. The van der Waals surface area contributed by atoms with Crippen LogP contribution in [0.4, 0.5) is 0 Å². The number of primary sulfonamides is 1. The van der Waals surface area contributed by atoms with Crippen LogP contribution in [0.3, 0.4) is 0 Å². The Morgan fingerprint density at radius 3 is 2.15 bits per heavy atom. The molecule has 1 unspecified atom stereocenters. The van der Waals surface area contributed by atoms with Gasteiger partial charge in [0, 0.05) is 13.0 Å². The van der Waals surface area contributed by atoms with Crippen LogP contribution in [0.25, 0.3) is 0 Å². The molecule has 0 aliphatic carbocycles. The average Bonchev–Trinajstić information content (AvgIpc) is 2.58. The summed E-state index contributed by atoms with van der Waals surface area (Å²) >= 11 is 0. The minimum Gasteiger partial charge on any atom is -0.300 e. The van der Waals surface area contributed by atoms with E-state index in [1.165, 1.54) is 0 Å². The van der Waals surface area contributed by atoms with Crippen molar-refractivity contribution in [2.45, 2.75) is 59.7 Å². The van der Waals surface area contributed by atoms with Gasteiger partial charge >= 0.3 is 0 Å². The van der Waals surface area contributed by atoms with Crippen LogP contribution in [0.15, 0.2) is 5.16 Å². The fourth-order valence-corrected chi connectivity index (χ4v) is 2.45.